The molecule has 0 N–H and O–H groups in total. The molecule has 77 heavy (non-hydrogen) atoms. The van der Waals surface area contributed by atoms with Crippen LogP contribution in [0.5, 0.6) is 0 Å². The van der Waals surface area contributed by atoms with Crippen LogP contribution in [0.15, 0.2) is 261 Å². The molecule has 0 saturated carbocycles. The van der Waals surface area contributed by atoms with E-state index >= 15 is 0 Å². The average Bonchev–Trinajstić information content (AvgIpc) is 4.03. The standard InChI is InChI=1S/C76H55N/c1-75(2)68-30-18-16-27-59(68)61-40-37-56(45-70(61)75)77(57-38-41-62-60-28-17-19-31-69(60)76(3,4)71(62)46-57)55-36-34-52-42-51(32-33-53(52)43-55)54-35-39-64-67(44-54)58-26-14-15-29-63(58)73-66(49-22-10-6-11-23-49)47-65(48-20-8-5-9-21-48)72(74(64)73)50-24-12-7-13-25-50/h5-47H,1-4H3. The lowest BCUT2D eigenvalue weighted by atomic mass is 9.81. The number of nitrogens with zero attached hydrogens (tertiary/aromatic N) is 1. The zero-order chi connectivity index (χ0) is 51.6. The van der Waals surface area contributed by atoms with Gasteiger partial charge in [0.2, 0.25) is 0 Å². The highest BCUT2D eigenvalue weighted by molar-refractivity contribution is 6.33. The van der Waals surface area contributed by atoms with Gasteiger partial charge in [0, 0.05) is 27.9 Å². The van der Waals surface area contributed by atoms with Crippen LogP contribution in [0.2, 0.25) is 0 Å². The lowest BCUT2D eigenvalue weighted by Gasteiger charge is -2.30. The Hall–Kier alpha value is -9.30. The van der Waals surface area contributed by atoms with Crippen LogP contribution in [-0.2, 0) is 10.8 Å². The Morgan fingerprint density at radius 2 is 0.688 bits per heavy atom. The van der Waals surface area contributed by atoms with Gasteiger partial charge in [0.1, 0.15) is 0 Å². The second kappa shape index (κ2) is 17.1. The molecular formula is C76H55N. The van der Waals surface area contributed by atoms with Crippen molar-refractivity contribution in [1.29, 1.82) is 0 Å². The number of fused-ring (bicyclic) bond motifs is 13. The average molecular weight is 982 g/mol. The summed E-state index contributed by atoms with van der Waals surface area (Å²) in [6.45, 7) is 9.50. The molecule has 1 heteroatoms. The fourth-order valence-corrected chi connectivity index (χ4v) is 13.6. The lowest BCUT2D eigenvalue weighted by molar-refractivity contribution is 0.660. The van der Waals surface area contributed by atoms with Crippen molar-refractivity contribution in [2.45, 2.75) is 38.5 Å². The van der Waals surface area contributed by atoms with Crippen molar-refractivity contribution in [3.63, 3.8) is 0 Å². The summed E-state index contributed by atoms with van der Waals surface area (Å²) in [7, 11) is 0. The molecular weight excluding hydrogens is 927 g/mol. The Kier molecular flexibility index (Phi) is 10.0. The third-order valence-corrected chi connectivity index (χ3v) is 17.4. The smallest absolute Gasteiger partial charge is 0.0468 e. The molecule has 0 heterocycles. The summed E-state index contributed by atoms with van der Waals surface area (Å²) in [5, 5.41) is 9.97. The summed E-state index contributed by atoms with van der Waals surface area (Å²) in [6.07, 6.45) is 0. The van der Waals surface area contributed by atoms with Crippen molar-refractivity contribution >= 4 is 60.2 Å². The predicted octanol–water partition coefficient (Wildman–Crippen LogP) is 21.0. The number of anilines is 3. The van der Waals surface area contributed by atoms with E-state index in [1.54, 1.807) is 0 Å². The Morgan fingerprint density at radius 3 is 1.31 bits per heavy atom. The van der Waals surface area contributed by atoms with Crippen molar-refractivity contribution in [1.82, 2.24) is 0 Å². The van der Waals surface area contributed by atoms with Gasteiger partial charge in [-0.2, -0.15) is 0 Å². The minimum atomic E-state index is -0.127. The summed E-state index contributed by atoms with van der Waals surface area (Å²) in [5.41, 5.74) is 23.8. The van der Waals surface area contributed by atoms with E-state index in [9.17, 15) is 0 Å². The number of rotatable bonds is 7. The molecule has 2 aliphatic carbocycles. The van der Waals surface area contributed by atoms with Crippen LogP contribution in [0.3, 0.4) is 0 Å². The number of hydrogen-bond donors (Lipinski definition) is 0. The van der Waals surface area contributed by atoms with Crippen LogP contribution in [0, 0.1) is 0 Å². The molecule has 0 aliphatic heterocycles. The van der Waals surface area contributed by atoms with Gasteiger partial charge in [-0.3, -0.25) is 0 Å². The molecule has 0 amide bonds. The zero-order valence-corrected chi connectivity index (χ0v) is 43.8. The van der Waals surface area contributed by atoms with Crippen LogP contribution in [0.4, 0.5) is 17.1 Å². The fraction of sp³-hybridized carbons (Fsp3) is 0.0789. The van der Waals surface area contributed by atoms with Gasteiger partial charge in [0.25, 0.3) is 0 Å². The quantitative estimate of drug-likeness (QED) is 0.144. The van der Waals surface area contributed by atoms with Crippen molar-refractivity contribution in [3.8, 4) is 66.8 Å². The molecule has 0 bridgehead atoms. The zero-order valence-electron chi connectivity index (χ0n) is 43.8. The van der Waals surface area contributed by atoms with Crippen LogP contribution in [0.25, 0.3) is 110 Å². The molecule has 0 spiro atoms. The number of hydrogen-bond acceptors (Lipinski definition) is 1. The summed E-state index contributed by atoms with van der Waals surface area (Å²) in [5.74, 6) is 0. The van der Waals surface area contributed by atoms with Gasteiger partial charge in [0.05, 0.1) is 0 Å². The predicted molar refractivity (Wildman–Crippen MR) is 328 cm³/mol. The highest BCUT2D eigenvalue weighted by Gasteiger charge is 2.38. The molecule has 1 nitrogen and oxygen atoms in total. The fourth-order valence-electron chi connectivity index (χ4n) is 13.6. The third kappa shape index (κ3) is 6.93. The lowest BCUT2D eigenvalue weighted by Crippen LogP contribution is -2.18. The summed E-state index contributed by atoms with van der Waals surface area (Å²) >= 11 is 0. The Balaban J connectivity index is 0.896. The van der Waals surface area contributed by atoms with Gasteiger partial charge in [-0.05, 0) is 187 Å². The van der Waals surface area contributed by atoms with E-state index in [-0.39, 0.29) is 10.8 Å². The Labute approximate surface area is 451 Å². The summed E-state index contributed by atoms with van der Waals surface area (Å²) in [4.78, 5) is 2.49. The van der Waals surface area contributed by atoms with E-state index in [1.165, 1.54) is 132 Å². The van der Waals surface area contributed by atoms with Gasteiger partial charge in [-0.15, -0.1) is 0 Å². The molecule has 2 aliphatic rings. The molecule has 13 aromatic carbocycles. The molecule has 0 fully saturated rings. The molecule has 0 atom stereocenters. The van der Waals surface area contributed by atoms with E-state index in [2.05, 4.69) is 293 Å². The van der Waals surface area contributed by atoms with E-state index in [0.29, 0.717) is 0 Å². The molecule has 0 radical (unpaired) electrons. The van der Waals surface area contributed by atoms with E-state index in [0.717, 1.165) is 17.1 Å². The molecule has 13 aromatic rings. The maximum absolute atomic E-state index is 2.49. The van der Waals surface area contributed by atoms with Gasteiger partial charge in [-0.1, -0.05) is 234 Å². The molecule has 15 rings (SSSR count). The molecule has 0 unspecified atom stereocenters. The Bertz CT molecular complexity index is 4440. The van der Waals surface area contributed by atoms with Gasteiger partial charge >= 0.3 is 0 Å². The van der Waals surface area contributed by atoms with Crippen molar-refractivity contribution in [2.75, 3.05) is 4.90 Å². The van der Waals surface area contributed by atoms with Gasteiger partial charge < -0.3 is 4.90 Å². The van der Waals surface area contributed by atoms with Crippen LogP contribution >= 0.6 is 0 Å². The SMILES string of the molecule is CC1(C)c2ccccc2-c2ccc(N(c3ccc4c(c3)C(C)(C)c3ccccc3-4)c3ccc4cc(-c5ccc6c(c5)c5ccccc5c5c(-c7ccccc7)cc(-c7ccccc7)c(-c7ccccc7)c65)ccc4c3)cc21. The first-order chi connectivity index (χ1) is 37.7. The maximum atomic E-state index is 2.49. The van der Waals surface area contributed by atoms with Gasteiger partial charge in [-0.25, -0.2) is 0 Å². The first-order valence-corrected chi connectivity index (χ1v) is 27.2. The summed E-state index contributed by atoms with van der Waals surface area (Å²) < 4.78 is 0. The normalized spacial score (nSPS) is 13.7. The van der Waals surface area contributed by atoms with Gasteiger partial charge in [0.15, 0.2) is 0 Å². The van der Waals surface area contributed by atoms with Crippen molar-refractivity contribution in [3.05, 3.63) is 283 Å². The second-order valence-corrected chi connectivity index (χ2v) is 22.4. The highest BCUT2D eigenvalue weighted by atomic mass is 15.1. The second-order valence-electron chi connectivity index (χ2n) is 22.4. The van der Waals surface area contributed by atoms with E-state index in [4.69, 9.17) is 0 Å². The monoisotopic (exact) mass is 981 g/mol. The first kappa shape index (κ1) is 45.1. The number of benzene rings is 13. The van der Waals surface area contributed by atoms with Crippen molar-refractivity contribution < 1.29 is 0 Å². The first-order valence-electron chi connectivity index (χ1n) is 27.2. The highest BCUT2D eigenvalue weighted by Crippen LogP contribution is 2.54. The van der Waals surface area contributed by atoms with Crippen LogP contribution in [-0.4, -0.2) is 0 Å². The minimum Gasteiger partial charge on any atom is -0.310 e. The molecule has 0 aromatic heterocycles. The topological polar surface area (TPSA) is 3.24 Å². The molecule has 0 saturated heterocycles. The van der Waals surface area contributed by atoms with E-state index < -0.39 is 0 Å². The minimum absolute atomic E-state index is 0.127. The Morgan fingerprint density at radius 1 is 0.247 bits per heavy atom. The van der Waals surface area contributed by atoms with Crippen LogP contribution in [0.1, 0.15) is 49.9 Å². The van der Waals surface area contributed by atoms with E-state index in [1.807, 2.05) is 0 Å². The summed E-state index contributed by atoms with van der Waals surface area (Å²) in [6, 6.07) is 97.8. The molecule has 364 valence electrons. The maximum Gasteiger partial charge on any atom is 0.0468 e. The van der Waals surface area contributed by atoms with Crippen LogP contribution < -0.4 is 4.90 Å². The van der Waals surface area contributed by atoms with Crippen molar-refractivity contribution in [2.24, 2.45) is 0 Å². The largest absolute Gasteiger partial charge is 0.310 e. The third-order valence-electron chi connectivity index (χ3n) is 17.4.